The summed E-state index contributed by atoms with van der Waals surface area (Å²) in [7, 11) is 0. The molecule has 0 aliphatic heterocycles. The summed E-state index contributed by atoms with van der Waals surface area (Å²) >= 11 is 0. The number of aryl methyl sites for hydroxylation is 2. The number of nitrogens with zero attached hydrogens (tertiary/aromatic N) is 1. The SMILES string of the molecule is Cc1ccc(CNC(=O)[C@H](C)Oc2ccc([N+](=O)[O-])c(C)c2)cc1. The fourth-order valence-corrected chi connectivity index (χ4v) is 2.20. The Morgan fingerprint density at radius 1 is 1.21 bits per heavy atom. The van der Waals surface area contributed by atoms with Crippen molar-refractivity contribution in [3.63, 3.8) is 0 Å². The van der Waals surface area contributed by atoms with Crippen LogP contribution in [0.2, 0.25) is 0 Å². The summed E-state index contributed by atoms with van der Waals surface area (Å²) in [6.45, 7) is 5.70. The zero-order valence-electron chi connectivity index (χ0n) is 13.9. The molecule has 0 aromatic heterocycles. The van der Waals surface area contributed by atoms with Gasteiger partial charge in [0.15, 0.2) is 6.10 Å². The Morgan fingerprint density at radius 3 is 2.46 bits per heavy atom. The maximum absolute atomic E-state index is 12.1. The van der Waals surface area contributed by atoms with Crippen molar-refractivity contribution in [2.24, 2.45) is 0 Å². The van der Waals surface area contributed by atoms with Crippen LogP contribution in [0, 0.1) is 24.0 Å². The minimum atomic E-state index is -0.698. The van der Waals surface area contributed by atoms with Crippen LogP contribution in [0.5, 0.6) is 5.75 Å². The maximum Gasteiger partial charge on any atom is 0.272 e. The fraction of sp³-hybridized carbons (Fsp3) is 0.278. The zero-order valence-corrected chi connectivity index (χ0v) is 13.9. The topological polar surface area (TPSA) is 81.5 Å². The molecule has 0 spiro atoms. The molecular weight excluding hydrogens is 308 g/mol. The lowest BCUT2D eigenvalue weighted by molar-refractivity contribution is -0.385. The largest absolute Gasteiger partial charge is 0.481 e. The summed E-state index contributed by atoms with van der Waals surface area (Å²) in [4.78, 5) is 22.5. The number of carbonyl (C=O) groups is 1. The quantitative estimate of drug-likeness (QED) is 0.651. The molecule has 24 heavy (non-hydrogen) atoms. The van der Waals surface area contributed by atoms with Crippen LogP contribution in [0.15, 0.2) is 42.5 Å². The number of carbonyl (C=O) groups excluding carboxylic acids is 1. The second kappa shape index (κ2) is 7.59. The van der Waals surface area contributed by atoms with E-state index in [0.29, 0.717) is 17.9 Å². The van der Waals surface area contributed by atoms with Gasteiger partial charge in [0.05, 0.1) is 4.92 Å². The highest BCUT2D eigenvalue weighted by molar-refractivity contribution is 5.80. The number of nitro groups is 1. The summed E-state index contributed by atoms with van der Waals surface area (Å²) in [6, 6.07) is 12.3. The molecule has 1 amide bonds. The Bertz CT molecular complexity index is 741. The monoisotopic (exact) mass is 328 g/mol. The predicted octanol–water partition coefficient (Wildman–Crippen LogP) is 3.30. The van der Waals surface area contributed by atoms with E-state index < -0.39 is 11.0 Å². The van der Waals surface area contributed by atoms with Crippen LogP contribution >= 0.6 is 0 Å². The summed E-state index contributed by atoms with van der Waals surface area (Å²) < 4.78 is 5.56. The highest BCUT2D eigenvalue weighted by Crippen LogP contribution is 2.23. The lowest BCUT2D eigenvalue weighted by Crippen LogP contribution is -2.35. The van der Waals surface area contributed by atoms with Gasteiger partial charge in [-0.25, -0.2) is 0 Å². The third kappa shape index (κ3) is 4.55. The van der Waals surface area contributed by atoms with Crippen molar-refractivity contribution in [2.75, 3.05) is 0 Å². The van der Waals surface area contributed by atoms with E-state index in [1.165, 1.54) is 12.1 Å². The third-order valence-corrected chi connectivity index (χ3v) is 3.63. The van der Waals surface area contributed by atoms with Gasteiger partial charge in [-0.05, 0) is 38.5 Å². The number of nitrogens with one attached hydrogen (secondary N) is 1. The maximum atomic E-state index is 12.1. The molecule has 0 aliphatic rings. The number of rotatable bonds is 6. The fourth-order valence-electron chi connectivity index (χ4n) is 2.20. The van der Waals surface area contributed by atoms with Crippen LogP contribution in [-0.4, -0.2) is 16.9 Å². The molecule has 6 nitrogen and oxygen atoms in total. The molecule has 0 bridgehead atoms. The lowest BCUT2D eigenvalue weighted by atomic mass is 10.1. The Labute approximate surface area is 140 Å². The van der Waals surface area contributed by atoms with Crippen LogP contribution < -0.4 is 10.1 Å². The number of hydrogen-bond acceptors (Lipinski definition) is 4. The van der Waals surface area contributed by atoms with Gasteiger partial charge in [-0.15, -0.1) is 0 Å². The standard InChI is InChI=1S/C18H20N2O4/c1-12-4-6-15(7-5-12)11-19-18(21)14(3)24-16-8-9-17(20(22)23)13(2)10-16/h4-10,14H,11H2,1-3H3,(H,19,21)/t14-/m0/s1. The molecule has 0 radical (unpaired) electrons. The van der Waals surface area contributed by atoms with Crippen molar-refractivity contribution in [1.82, 2.24) is 5.32 Å². The van der Waals surface area contributed by atoms with E-state index in [-0.39, 0.29) is 11.6 Å². The Hall–Kier alpha value is -2.89. The first-order chi connectivity index (χ1) is 11.4. The highest BCUT2D eigenvalue weighted by atomic mass is 16.6. The second-order valence-electron chi connectivity index (χ2n) is 5.67. The zero-order chi connectivity index (χ0) is 17.7. The molecule has 0 aliphatic carbocycles. The molecule has 6 heteroatoms. The van der Waals surface area contributed by atoms with E-state index in [1.54, 1.807) is 19.9 Å². The first-order valence-corrected chi connectivity index (χ1v) is 7.62. The van der Waals surface area contributed by atoms with Gasteiger partial charge in [-0.3, -0.25) is 14.9 Å². The minimum absolute atomic E-state index is 0.0267. The van der Waals surface area contributed by atoms with Crippen LogP contribution in [-0.2, 0) is 11.3 Å². The molecule has 0 heterocycles. The van der Waals surface area contributed by atoms with Crippen molar-refractivity contribution in [1.29, 1.82) is 0 Å². The average Bonchev–Trinajstić information content (AvgIpc) is 2.53. The van der Waals surface area contributed by atoms with Gasteiger partial charge < -0.3 is 10.1 Å². The van der Waals surface area contributed by atoms with Crippen LogP contribution in [0.25, 0.3) is 0 Å². The van der Waals surface area contributed by atoms with Crippen molar-refractivity contribution < 1.29 is 14.5 Å². The Balaban J connectivity index is 1.92. The molecule has 126 valence electrons. The molecule has 0 unspecified atom stereocenters. The molecule has 2 aromatic rings. The van der Waals surface area contributed by atoms with Crippen molar-refractivity contribution in [2.45, 2.75) is 33.4 Å². The summed E-state index contributed by atoms with van der Waals surface area (Å²) in [6.07, 6.45) is -0.698. The molecule has 1 N–H and O–H groups in total. The lowest BCUT2D eigenvalue weighted by Gasteiger charge is -2.15. The van der Waals surface area contributed by atoms with Crippen molar-refractivity contribution in [3.8, 4) is 5.75 Å². The van der Waals surface area contributed by atoms with E-state index in [4.69, 9.17) is 4.74 Å². The first kappa shape index (κ1) is 17.5. The first-order valence-electron chi connectivity index (χ1n) is 7.62. The van der Waals surface area contributed by atoms with Crippen molar-refractivity contribution >= 4 is 11.6 Å². The average molecular weight is 328 g/mol. The second-order valence-corrected chi connectivity index (χ2v) is 5.67. The number of nitro benzene ring substituents is 1. The van der Waals surface area contributed by atoms with E-state index in [0.717, 1.165) is 11.1 Å². The third-order valence-electron chi connectivity index (χ3n) is 3.63. The van der Waals surface area contributed by atoms with E-state index in [1.807, 2.05) is 31.2 Å². The summed E-state index contributed by atoms with van der Waals surface area (Å²) in [5, 5.41) is 13.6. The normalized spacial score (nSPS) is 11.6. The number of amides is 1. The van der Waals surface area contributed by atoms with E-state index >= 15 is 0 Å². The summed E-state index contributed by atoms with van der Waals surface area (Å²) in [5.74, 6) is 0.183. The van der Waals surface area contributed by atoms with Gasteiger partial charge in [0.25, 0.3) is 11.6 Å². The highest BCUT2D eigenvalue weighted by Gasteiger charge is 2.16. The predicted molar refractivity (Wildman–Crippen MR) is 90.9 cm³/mol. The molecule has 1 atom stereocenters. The van der Waals surface area contributed by atoms with Gasteiger partial charge in [0, 0.05) is 18.2 Å². The van der Waals surface area contributed by atoms with Gasteiger partial charge in [-0.1, -0.05) is 29.8 Å². The smallest absolute Gasteiger partial charge is 0.272 e. The molecule has 0 saturated carbocycles. The molecule has 0 fully saturated rings. The van der Waals surface area contributed by atoms with Crippen LogP contribution in [0.3, 0.4) is 0 Å². The van der Waals surface area contributed by atoms with E-state index in [2.05, 4.69) is 5.32 Å². The Morgan fingerprint density at radius 2 is 1.88 bits per heavy atom. The van der Waals surface area contributed by atoms with Gasteiger partial charge in [0.1, 0.15) is 5.75 Å². The van der Waals surface area contributed by atoms with Gasteiger partial charge in [-0.2, -0.15) is 0 Å². The molecular formula is C18H20N2O4. The van der Waals surface area contributed by atoms with Crippen LogP contribution in [0.4, 0.5) is 5.69 Å². The van der Waals surface area contributed by atoms with Gasteiger partial charge in [0.2, 0.25) is 0 Å². The molecule has 2 rings (SSSR count). The van der Waals surface area contributed by atoms with Gasteiger partial charge >= 0.3 is 0 Å². The molecule has 2 aromatic carbocycles. The molecule has 0 saturated heterocycles. The van der Waals surface area contributed by atoms with E-state index in [9.17, 15) is 14.9 Å². The number of benzene rings is 2. The summed E-state index contributed by atoms with van der Waals surface area (Å²) in [5.41, 5.74) is 2.69. The number of ether oxygens (including phenoxy) is 1. The Kier molecular flexibility index (Phi) is 5.52. The minimum Gasteiger partial charge on any atom is -0.481 e. The number of hydrogen-bond donors (Lipinski definition) is 1. The van der Waals surface area contributed by atoms with Crippen LogP contribution in [0.1, 0.15) is 23.6 Å². The van der Waals surface area contributed by atoms with Crippen molar-refractivity contribution in [3.05, 3.63) is 69.3 Å².